The van der Waals surface area contributed by atoms with Crippen LogP contribution in [-0.4, -0.2) is 18.0 Å². The largest absolute Gasteiger partial charge is 0.416 e. The topological polar surface area (TPSA) is 55.1 Å². The fourth-order valence-electron chi connectivity index (χ4n) is 2.46. The van der Waals surface area contributed by atoms with E-state index >= 15 is 0 Å². The van der Waals surface area contributed by atoms with Crippen molar-refractivity contribution in [3.8, 4) is 0 Å². The highest BCUT2D eigenvalue weighted by atomic mass is 19.4. The van der Waals surface area contributed by atoms with Gasteiger partial charge >= 0.3 is 12.4 Å². The van der Waals surface area contributed by atoms with Gasteiger partial charge in [-0.3, -0.25) is 4.79 Å². The van der Waals surface area contributed by atoms with Gasteiger partial charge < -0.3 is 11.1 Å². The van der Waals surface area contributed by atoms with Crippen molar-refractivity contribution in [2.24, 2.45) is 11.7 Å². The summed E-state index contributed by atoms with van der Waals surface area (Å²) in [6, 6.07) is 0.808. The van der Waals surface area contributed by atoms with Crippen molar-refractivity contribution < 1.29 is 31.1 Å². The summed E-state index contributed by atoms with van der Waals surface area (Å²) in [7, 11) is 0. The van der Waals surface area contributed by atoms with Crippen molar-refractivity contribution in [3.63, 3.8) is 0 Å². The summed E-state index contributed by atoms with van der Waals surface area (Å²) in [5.41, 5.74) is 0.994. The Morgan fingerprint density at radius 2 is 1.54 bits per heavy atom. The van der Waals surface area contributed by atoms with Gasteiger partial charge in [0.25, 0.3) is 5.91 Å². The quantitative estimate of drug-likeness (QED) is 0.812. The highest BCUT2D eigenvalue weighted by Gasteiger charge is 2.42. The molecule has 24 heavy (non-hydrogen) atoms. The van der Waals surface area contributed by atoms with Crippen LogP contribution in [0.5, 0.6) is 0 Å². The van der Waals surface area contributed by atoms with Gasteiger partial charge in [-0.25, -0.2) is 0 Å². The Kier molecular flexibility index (Phi) is 4.60. The van der Waals surface area contributed by atoms with Crippen molar-refractivity contribution in [1.29, 1.82) is 0 Å². The molecule has 1 atom stereocenters. The lowest BCUT2D eigenvalue weighted by Crippen LogP contribution is -2.53. The van der Waals surface area contributed by atoms with Gasteiger partial charge in [0.2, 0.25) is 0 Å². The summed E-state index contributed by atoms with van der Waals surface area (Å²) in [5, 5.41) is 2.48. The number of rotatable bonds is 4. The van der Waals surface area contributed by atoms with E-state index in [9.17, 15) is 31.1 Å². The number of halogens is 6. The first-order valence-corrected chi connectivity index (χ1v) is 7.19. The molecule has 1 saturated carbocycles. The smallest absolute Gasteiger partial charge is 0.345 e. The highest BCUT2D eigenvalue weighted by molar-refractivity contribution is 5.95. The predicted octanol–water partition coefficient (Wildman–Crippen LogP) is 3.58. The Labute approximate surface area is 134 Å². The lowest BCUT2D eigenvalue weighted by atomic mass is 9.95. The molecule has 1 aromatic rings. The normalized spacial score (nSPS) is 18.2. The van der Waals surface area contributed by atoms with E-state index in [4.69, 9.17) is 5.73 Å². The Hall–Kier alpha value is -1.77. The van der Waals surface area contributed by atoms with Gasteiger partial charge in [-0.15, -0.1) is 0 Å². The highest BCUT2D eigenvalue weighted by Crippen LogP contribution is 2.40. The van der Waals surface area contributed by atoms with Crippen LogP contribution in [0.2, 0.25) is 0 Å². The minimum atomic E-state index is -5.00. The van der Waals surface area contributed by atoms with Crippen LogP contribution in [0.3, 0.4) is 0 Å². The molecule has 3 N–H and O–H groups in total. The van der Waals surface area contributed by atoms with Crippen molar-refractivity contribution in [2.45, 2.75) is 37.7 Å². The first-order chi connectivity index (χ1) is 10.9. The molecule has 1 fully saturated rings. The minimum Gasteiger partial charge on any atom is -0.345 e. The molecule has 0 radical (unpaired) electrons. The first-order valence-electron chi connectivity index (χ1n) is 7.19. The third-order valence-corrected chi connectivity index (χ3v) is 4.15. The van der Waals surface area contributed by atoms with Crippen LogP contribution in [0.4, 0.5) is 26.3 Å². The maximum atomic E-state index is 12.8. The predicted molar refractivity (Wildman–Crippen MR) is 74.1 cm³/mol. The molecular formula is C15H16F6N2O. The number of nitrogens with two attached hydrogens (primary N) is 1. The fourth-order valence-corrected chi connectivity index (χ4v) is 2.46. The SMILES string of the molecule is CC(CN)(NC(=O)c1cc(C(F)(F)F)cc(C(F)(F)F)c1)C1CC1. The molecule has 1 amide bonds. The van der Waals surface area contributed by atoms with Crippen LogP contribution in [0.25, 0.3) is 0 Å². The summed E-state index contributed by atoms with van der Waals surface area (Å²) in [6.45, 7) is 1.66. The molecule has 9 heteroatoms. The molecule has 2 rings (SSSR count). The van der Waals surface area contributed by atoms with Crippen LogP contribution in [0, 0.1) is 5.92 Å². The number of hydrogen-bond donors (Lipinski definition) is 2. The van der Waals surface area contributed by atoms with Gasteiger partial charge in [0.1, 0.15) is 0 Å². The zero-order valence-electron chi connectivity index (χ0n) is 12.7. The summed E-state index contributed by atoms with van der Waals surface area (Å²) in [5.74, 6) is -0.939. The number of carbonyl (C=O) groups is 1. The van der Waals surface area contributed by atoms with Crippen LogP contribution in [0.15, 0.2) is 18.2 Å². The lowest BCUT2D eigenvalue weighted by molar-refractivity contribution is -0.143. The van der Waals surface area contributed by atoms with Gasteiger partial charge in [0.05, 0.1) is 16.7 Å². The second kappa shape index (κ2) is 5.94. The van der Waals surface area contributed by atoms with Gasteiger partial charge in [-0.05, 0) is 43.9 Å². The molecule has 0 aliphatic heterocycles. The van der Waals surface area contributed by atoms with Gasteiger partial charge in [-0.2, -0.15) is 26.3 Å². The second-order valence-corrected chi connectivity index (χ2v) is 6.14. The third kappa shape index (κ3) is 4.00. The maximum Gasteiger partial charge on any atom is 0.416 e. The van der Waals surface area contributed by atoms with Crippen molar-refractivity contribution in [3.05, 3.63) is 34.9 Å². The Bertz CT molecular complexity index is 604. The number of carbonyl (C=O) groups excluding carboxylic acids is 1. The number of alkyl halides is 6. The monoisotopic (exact) mass is 354 g/mol. The molecule has 1 aliphatic rings. The summed E-state index contributed by atoms with van der Waals surface area (Å²) in [4.78, 5) is 12.2. The molecule has 1 aromatic carbocycles. The molecule has 1 unspecified atom stereocenters. The van der Waals surface area contributed by atoms with E-state index in [1.807, 2.05) is 0 Å². The van der Waals surface area contributed by atoms with Gasteiger partial charge in [0.15, 0.2) is 0 Å². The number of hydrogen-bond acceptors (Lipinski definition) is 2. The summed E-state index contributed by atoms with van der Waals surface area (Å²) in [6.07, 6.45) is -8.40. The van der Waals surface area contributed by atoms with Crippen molar-refractivity contribution >= 4 is 5.91 Å². The van der Waals surface area contributed by atoms with Crippen LogP contribution < -0.4 is 11.1 Å². The number of benzene rings is 1. The van der Waals surface area contributed by atoms with Gasteiger partial charge in [0, 0.05) is 12.1 Å². The van der Waals surface area contributed by atoms with E-state index in [2.05, 4.69) is 5.32 Å². The van der Waals surface area contributed by atoms with E-state index < -0.39 is 40.5 Å². The standard InChI is InChI=1S/C15H16F6N2O/c1-13(7-22,9-2-3-9)23-12(24)8-4-10(14(16,17)18)6-11(5-8)15(19,20)21/h4-6,9H,2-3,7,22H2,1H3,(H,23,24). The fraction of sp³-hybridized carbons (Fsp3) is 0.533. The minimum absolute atomic E-state index is 0.0141. The average molecular weight is 354 g/mol. The molecule has 0 bridgehead atoms. The maximum absolute atomic E-state index is 12.8. The molecule has 3 nitrogen and oxygen atoms in total. The Morgan fingerprint density at radius 1 is 1.08 bits per heavy atom. The summed E-state index contributed by atoms with van der Waals surface area (Å²) >= 11 is 0. The second-order valence-electron chi connectivity index (χ2n) is 6.14. The summed E-state index contributed by atoms with van der Waals surface area (Å²) < 4.78 is 76.9. The zero-order chi connectivity index (χ0) is 18.3. The molecule has 0 aromatic heterocycles. The molecule has 1 aliphatic carbocycles. The first kappa shape index (κ1) is 18.6. The molecule has 0 saturated heterocycles. The van der Waals surface area contributed by atoms with Crippen LogP contribution in [-0.2, 0) is 12.4 Å². The Balaban J connectivity index is 2.39. The number of amides is 1. The Morgan fingerprint density at radius 3 is 1.88 bits per heavy atom. The van der Waals surface area contributed by atoms with E-state index in [0.29, 0.717) is 12.1 Å². The van der Waals surface area contributed by atoms with E-state index in [0.717, 1.165) is 12.8 Å². The molecule has 0 spiro atoms. The zero-order valence-corrected chi connectivity index (χ0v) is 12.7. The molecule has 0 heterocycles. The van der Waals surface area contributed by atoms with Crippen molar-refractivity contribution in [1.82, 2.24) is 5.32 Å². The van der Waals surface area contributed by atoms with E-state index in [1.54, 1.807) is 6.92 Å². The van der Waals surface area contributed by atoms with Crippen LogP contribution >= 0.6 is 0 Å². The van der Waals surface area contributed by atoms with E-state index in [-0.39, 0.29) is 18.5 Å². The average Bonchev–Trinajstić information content (AvgIpc) is 3.29. The molecule has 134 valence electrons. The third-order valence-electron chi connectivity index (χ3n) is 4.15. The number of nitrogens with one attached hydrogen (secondary N) is 1. The van der Waals surface area contributed by atoms with Crippen LogP contribution in [0.1, 0.15) is 41.3 Å². The lowest BCUT2D eigenvalue weighted by Gasteiger charge is -2.29. The van der Waals surface area contributed by atoms with E-state index in [1.165, 1.54) is 0 Å². The van der Waals surface area contributed by atoms with Crippen molar-refractivity contribution in [2.75, 3.05) is 6.54 Å². The molecular weight excluding hydrogens is 338 g/mol. The van der Waals surface area contributed by atoms with Gasteiger partial charge in [-0.1, -0.05) is 0 Å².